The van der Waals surface area contributed by atoms with E-state index in [1.54, 1.807) is 0 Å². The van der Waals surface area contributed by atoms with Crippen LogP contribution in [-0.2, 0) is 6.42 Å². The van der Waals surface area contributed by atoms with Crippen LogP contribution in [0.3, 0.4) is 0 Å². The normalized spacial score (nSPS) is 17.9. The molecule has 1 N–H and O–H groups in total. The zero-order valence-corrected chi connectivity index (χ0v) is 20.0. The first-order valence-corrected chi connectivity index (χ1v) is 11.8. The Morgan fingerprint density at radius 2 is 1.64 bits per heavy atom. The minimum atomic E-state index is -0.0470. The van der Waals surface area contributed by atoms with Crippen LogP contribution in [0.25, 0.3) is 5.69 Å². The summed E-state index contributed by atoms with van der Waals surface area (Å²) in [7, 11) is 0. The number of nitrogens with one attached hydrogen (secondary N) is 1. The molecule has 5 heteroatoms. The fourth-order valence-electron chi connectivity index (χ4n) is 4.90. The zero-order chi connectivity index (χ0) is 22.9. The van der Waals surface area contributed by atoms with Crippen LogP contribution in [0.1, 0.15) is 47.2 Å². The average Bonchev–Trinajstić information content (AvgIpc) is 3.35. The minimum absolute atomic E-state index is 0.0106. The summed E-state index contributed by atoms with van der Waals surface area (Å²) in [6.45, 7) is 6.54. The standard InChI is InChI=1S/C28H28N4S/c1-4-21-13-15-23(16-14-21)32-27(26(30-28(32)33)25-12-8-9-17-29-25)24-18-19(2)31(20(24)3)22-10-6-5-7-11-22/h5-18,26-27H,4H2,1-3H3,(H,30,33)/t26-,27-/m0/s1. The van der Waals surface area contributed by atoms with E-state index in [1.807, 2.05) is 18.3 Å². The van der Waals surface area contributed by atoms with Crippen LogP contribution in [0.15, 0.2) is 85.1 Å². The van der Waals surface area contributed by atoms with Crippen molar-refractivity contribution < 1.29 is 0 Å². The topological polar surface area (TPSA) is 33.1 Å². The zero-order valence-electron chi connectivity index (χ0n) is 19.2. The third kappa shape index (κ3) is 3.83. The Bertz CT molecular complexity index is 1260. The Hall–Kier alpha value is -3.44. The number of hydrogen-bond acceptors (Lipinski definition) is 2. The molecule has 0 amide bonds. The molecule has 1 saturated heterocycles. The summed E-state index contributed by atoms with van der Waals surface area (Å²) in [6, 6.07) is 27.6. The van der Waals surface area contributed by atoms with E-state index in [-0.39, 0.29) is 12.1 Å². The Labute approximate surface area is 200 Å². The van der Waals surface area contributed by atoms with Crippen molar-refractivity contribution in [3.63, 3.8) is 0 Å². The highest BCUT2D eigenvalue weighted by Gasteiger charge is 2.42. The van der Waals surface area contributed by atoms with Gasteiger partial charge in [-0.05, 0) is 86.1 Å². The van der Waals surface area contributed by atoms with Crippen molar-refractivity contribution in [2.75, 3.05) is 4.90 Å². The number of benzene rings is 2. The second-order valence-electron chi connectivity index (χ2n) is 8.51. The van der Waals surface area contributed by atoms with Crippen molar-refractivity contribution in [2.45, 2.75) is 39.3 Å². The lowest BCUT2D eigenvalue weighted by Crippen LogP contribution is -2.29. The fraction of sp³-hybridized carbons (Fsp3) is 0.214. The van der Waals surface area contributed by atoms with Gasteiger partial charge in [0.2, 0.25) is 0 Å². The van der Waals surface area contributed by atoms with E-state index in [2.05, 4.69) is 107 Å². The molecule has 33 heavy (non-hydrogen) atoms. The molecule has 3 heterocycles. The van der Waals surface area contributed by atoms with Crippen molar-refractivity contribution >= 4 is 23.0 Å². The van der Waals surface area contributed by atoms with E-state index in [0.717, 1.165) is 22.9 Å². The highest BCUT2D eigenvalue weighted by molar-refractivity contribution is 7.80. The second-order valence-corrected chi connectivity index (χ2v) is 8.90. The maximum atomic E-state index is 5.89. The minimum Gasteiger partial charge on any atom is -0.351 e. The van der Waals surface area contributed by atoms with E-state index in [4.69, 9.17) is 12.2 Å². The highest BCUT2D eigenvalue weighted by Crippen LogP contribution is 2.43. The van der Waals surface area contributed by atoms with Crippen molar-refractivity contribution in [3.05, 3.63) is 113 Å². The van der Waals surface area contributed by atoms with Gasteiger partial charge in [-0.2, -0.15) is 0 Å². The first-order valence-electron chi connectivity index (χ1n) is 11.4. The Balaban J connectivity index is 1.66. The molecule has 0 aliphatic carbocycles. The number of aromatic nitrogens is 2. The molecule has 4 aromatic rings. The van der Waals surface area contributed by atoms with Crippen LogP contribution >= 0.6 is 12.2 Å². The summed E-state index contributed by atoms with van der Waals surface area (Å²) >= 11 is 5.89. The third-order valence-corrected chi connectivity index (χ3v) is 6.84. The summed E-state index contributed by atoms with van der Waals surface area (Å²) in [5, 5.41) is 4.30. The van der Waals surface area contributed by atoms with E-state index in [1.165, 1.54) is 28.2 Å². The number of rotatable bonds is 5. The molecule has 0 saturated carbocycles. The van der Waals surface area contributed by atoms with Gasteiger partial charge in [-0.1, -0.05) is 43.3 Å². The van der Waals surface area contributed by atoms with Crippen LogP contribution in [0, 0.1) is 13.8 Å². The first kappa shape index (κ1) is 21.4. The van der Waals surface area contributed by atoms with E-state index in [9.17, 15) is 0 Å². The Morgan fingerprint density at radius 3 is 2.30 bits per heavy atom. The maximum Gasteiger partial charge on any atom is 0.174 e. The summed E-state index contributed by atoms with van der Waals surface area (Å²) in [6.07, 6.45) is 2.87. The number of aryl methyl sites for hydroxylation is 2. The van der Waals surface area contributed by atoms with Crippen LogP contribution in [0.4, 0.5) is 5.69 Å². The summed E-state index contributed by atoms with van der Waals surface area (Å²) in [5.74, 6) is 0. The summed E-state index contributed by atoms with van der Waals surface area (Å²) in [4.78, 5) is 6.94. The van der Waals surface area contributed by atoms with Gasteiger partial charge < -0.3 is 14.8 Å². The molecule has 0 unspecified atom stereocenters. The van der Waals surface area contributed by atoms with Gasteiger partial charge in [0.15, 0.2) is 5.11 Å². The summed E-state index contributed by atoms with van der Waals surface area (Å²) in [5.41, 5.74) is 8.23. The maximum absolute atomic E-state index is 5.89. The quantitative estimate of drug-likeness (QED) is 0.364. The van der Waals surface area contributed by atoms with Crippen LogP contribution < -0.4 is 10.2 Å². The molecule has 2 atom stereocenters. The molecule has 5 rings (SSSR count). The molecule has 2 aromatic heterocycles. The Kier molecular flexibility index (Phi) is 5.73. The number of para-hydroxylation sites is 1. The van der Waals surface area contributed by atoms with Gasteiger partial charge in [0.25, 0.3) is 0 Å². The van der Waals surface area contributed by atoms with Crippen LogP contribution in [0.5, 0.6) is 0 Å². The first-order chi connectivity index (χ1) is 16.1. The second kappa shape index (κ2) is 8.83. The lowest BCUT2D eigenvalue weighted by atomic mass is 9.96. The molecule has 1 fully saturated rings. The van der Waals surface area contributed by atoms with Gasteiger partial charge >= 0.3 is 0 Å². The third-order valence-electron chi connectivity index (χ3n) is 6.52. The largest absolute Gasteiger partial charge is 0.351 e. The van der Waals surface area contributed by atoms with Crippen LogP contribution in [0.2, 0.25) is 0 Å². The number of hydrogen-bond donors (Lipinski definition) is 1. The van der Waals surface area contributed by atoms with E-state index in [0.29, 0.717) is 0 Å². The van der Waals surface area contributed by atoms with Crippen molar-refractivity contribution in [1.82, 2.24) is 14.9 Å². The van der Waals surface area contributed by atoms with Gasteiger partial charge in [0, 0.05) is 29.0 Å². The molecular weight excluding hydrogens is 424 g/mol. The van der Waals surface area contributed by atoms with Crippen molar-refractivity contribution in [3.8, 4) is 5.69 Å². The van der Waals surface area contributed by atoms with Gasteiger partial charge in [0.05, 0.1) is 17.8 Å². The lowest BCUT2D eigenvalue weighted by Gasteiger charge is -2.28. The molecule has 0 radical (unpaired) electrons. The SMILES string of the molecule is CCc1ccc(N2C(=S)N[C@@H](c3ccccn3)[C@@H]2c2cc(C)n(-c3ccccc3)c2C)cc1. The van der Waals surface area contributed by atoms with Gasteiger partial charge in [-0.15, -0.1) is 0 Å². The average molecular weight is 453 g/mol. The van der Waals surface area contributed by atoms with E-state index < -0.39 is 0 Å². The smallest absolute Gasteiger partial charge is 0.174 e. The predicted octanol–water partition coefficient (Wildman–Crippen LogP) is 6.23. The molecule has 0 spiro atoms. The van der Waals surface area contributed by atoms with Crippen molar-refractivity contribution in [2.24, 2.45) is 0 Å². The van der Waals surface area contributed by atoms with Crippen LogP contribution in [-0.4, -0.2) is 14.7 Å². The molecule has 1 aliphatic rings. The molecule has 4 nitrogen and oxygen atoms in total. The highest BCUT2D eigenvalue weighted by atomic mass is 32.1. The molecule has 0 bridgehead atoms. The number of thiocarbonyl (C=S) groups is 1. The Morgan fingerprint density at radius 1 is 0.909 bits per heavy atom. The molecule has 2 aromatic carbocycles. The van der Waals surface area contributed by atoms with Gasteiger partial charge in [-0.25, -0.2) is 0 Å². The fourth-order valence-corrected chi connectivity index (χ4v) is 5.25. The number of pyridine rings is 1. The van der Waals surface area contributed by atoms with Gasteiger partial charge in [0.1, 0.15) is 0 Å². The monoisotopic (exact) mass is 452 g/mol. The molecule has 166 valence electrons. The molecule has 1 aliphatic heterocycles. The lowest BCUT2D eigenvalue weighted by molar-refractivity contribution is 0.565. The number of anilines is 1. The number of nitrogens with zero attached hydrogens (tertiary/aromatic N) is 3. The van der Waals surface area contributed by atoms with Gasteiger partial charge in [-0.3, -0.25) is 4.98 Å². The molecular formula is C28H28N4S. The van der Waals surface area contributed by atoms with Crippen molar-refractivity contribution in [1.29, 1.82) is 0 Å². The summed E-state index contributed by atoms with van der Waals surface area (Å²) < 4.78 is 2.32. The van der Waals surface area contributed by atoms with E-state index >= 15 is 0 Å². The predicted molar refractivity (Wildman–Crippen MR) is 139 cm³/mol.